The standard InChI is InChI=1S/C32H39N3O7S.C24H30BrN3O5.C22H23N3O3S.C8H11BO4S.C4H5ClO/c1-11-43(38,39)21-14-12-13-20(16-21)22-17-24(34(9)29(36)41-31(3,4)5)27(40-10)26-25(22)23-15-19(2)18-33-28(23)35(26)30(37)42-32(6,7)8;1-13-10-14-17-15(25)11-16(27(8)21(29)32-23(2,3)4)19(31-9)18(17)28(20(14)26-12-13)22(30)33-24(5,6)7;1-5-29(26,27)15-8-6-7-14(10-15)16-11-18(23-3)21(28-4)20-19(16)17-9-13(2)12-24-22(17)25-20;1-2-14(12,13)8-5-3-4-7(6-8)9(10)11;5-4(6)3-1-2-3/h12-18H,11H2,1-10H3;10-12H,1-9H3;6-12,23H,5H2,1-4H3,(H,24,25);3-6,10-11H,2H2,1H3;3H,1-2H2. The van der Waals surface area contributed by atoms with Crippen molar-refractivity contribution < 1.29 is 92.4 Å². The zero-order chi connectivity index (χ0) is 93.0. The van der Waals surface area contributed by atoms with Crippen molar-refractivity contribution in [3.63, 3.8) is 0 Å². The van der Waals surface area contributed by atoms with E-state index >= 15 is 0 Å². The molecule has 0 aliphatic heterocycles. The van der Waals surface area contributed by atoms with E-state index in [2.05, 4.69) is 47.2 Å². The fourth-order valence-corrected chi connectivity index (χ4v) is 16.9. The first kappa shape index (κ1) is 97.9. The lowest BCUT2D eigenvalue weighted by molar-refractivity contribution is -0.112. The Hall–Kier alpha value is -10.9. The van der Waals surface area contributed by atoms with Gasteiger partial charge >= 0.3 is 31.5 Å². The predicted molar refractivity (Wildman–Crippen MR) is 496 cm³/mol. The van der Waals surface area contributed by atoms with E-state index in [4.69, 9.17) is 54.8 Å². The summed E-state index contributed by atoms with van der Waals surface area (Å²) in [6, 6.07) is 30.8. The van der Waals surface area contributed by atoms with Crippen molar-refractivity contribution in [1.29, 1.82) is 0 Å². The first-order valence-corrected chi connectivity index (χ1v) is 46.1. The van der Waals surface area contributed by atoms with Crippen molar-refractivity contribution in [3.8, 4) is 39.5 Å². The zero-order valence-corrected chi connectivity index (χ0v) is 79.5. The van der Waals surface area contributed by atoms with E-state index in [0.717, 1.165) is 79.1 Å². The molecule has 4 N–H and O–H groups in total. The summed E-state index contributed by atoms with van der Waals surface area (Å²) in [5.41, 5.74) is 7.51. The van der Waals surface area contributed by atoms with Crippen LogP contribution in [0.25, 0.3) is 88.1 Å². The number of nitrogens with one attached hydrogen (secondary N) is 2. The number of ether oxygens (including phenoxy) is 7. The Kier molecular flexibility index (Phi) is 30.2. The van der Waals surface area contributed by atoms with Gasteiger partial charge in [-0.25, -0.2) is 68.5 Å². The number of aryl methyl sites for hydroxylation is 3. The average Bonchev–Trinajstić information content (AvgIpc) is 1.58. The molecule has 2 amide bonds. The molecule has 1 saturated carbocycles. The lowest BCUT2D eigenvalue weighted by Gasteiger charge is -2.27. The molecule has 0 unspecified atom stereocenters. The van der Waals surface area contributed by atoms with Gasteiger partial charge in [-0.15, -0.1) is 0 Å². The molecular formula is C90H108BBrClN9O20S3. The average molecular weight is 1860 g/mol. The number of halogens is 2. The number of aromatic nitrogens is 6. The van der Waals surface area contributed by atoms with Gasteiger partial charge in [0.25, 0.3) is 0 Å². The second-order valence-electron chi connectivity index (χ2n) is 33.6. The molecule has 0 bridgehead atoms. The molecule has 1 aliphatic rings. The molecule has 0 atom stereocenters. The number of pyridine rings is 3. The maximum absolute atomic E-state index is 13.8. The lowest BCUT2D eigenvalue weighted by Crippen LogP contribution is -2.34. The molecule has 6 heterocycles. The maximum atomic E-state index is 13.8. The smallest absolute Gasteiger partial charge is 0.488 e. The fraction of sp³-hybridized carbons (Fsp3) is 0.378. The number of aromatic amines is 1. The van der Waals surface area contributed by atoms with Gasteiger partial charge < -0.3 is 53.5 Å². The molecule has 668 valence electrons. The Labute approximate surface area is 742 Å². The van der Waals surface area contributed by atoms with Crippen LogP contribution in [0.1, 0.15) is 133 Å². The SMILES string of the molecule is CCS(=O)(=O)c1cccc(-c2cc(N(C)C(=O)OC(C)(C)C)c(OC)c3c2c2cc(C)cnc2n3C(=O)OC(C)(C)C)c1.CCS(=O)(=O)c1cccc(-c2cc(NC)c(OC)c3[nH]c4ncc(C)cc4c23)c1.CCS(=O)(=O)c1cccc(B(O)O)c1.COc1c(N(C)C(=O)OC(C)(C)C)cc(Br)c2c3cc(C)cnc3n(C(=O)OC(C)(C)C)c12.O=C(Cl)C1CC1. The first-order chi connectivity index (χ1) is 58.2. The van der Waals surface area contributed by atoms with Crippen LogP contribution in [0, 0.1) is 26.7 Å². The van der Waals surface area contributed by atoms with Crippen molar-refractivity contribution in [2.75, 3.05) is 74.8 Å². The van der Waals surface area contributed by atoms with Crippen LogP contribution < -0.4 is 34.8 Å². The number of hydrogen-bond donors (Lipinski definition) is 4. The molecule has 1 aliphatic carbocycles. The number of H-pyrrole nitrogens is 1. The number of fused-ring (bicyclic) bond motifs is 9. The summed E-state index contributed by atoms with van der Waals surface area (Å²) in [6.07, 6.45) is 4.70. The number of hydrogen-bond acceptors (Lipinski definition) is 24. The number of anilines is 3. The Morgan fingerprint density at radius 1 is 0.528 bits per heavy atom. The van der Waals surface area contributed by atoms with Gasteiger partial charge in [0.2, 0.25) is 5.24 Å². The summed E-state index contributed by atoms with van der Waals surface area (Å²) in [4.78, 5) is 83.6. The monoisotopic (exact) mass is 1860 g/mol. The van der Waals surface area contributed by atoms with Crippen LogP contribution in [-0.4, -0.2) is 183 Å². The molecule has 0 radical (unpaired) electrons. The van der Waals surface area contributed by atoms with Crippen LogP contribution >= 0.6 is 27.5 Å². The highest BCUT2D eigenvalue weighted by Crippen LogP contribution is 2.50. The zero-order valence-electron chi connectivity index (χ0n) is 74.7. The summed E-state index contributed by atoms with van der Waals surface area (Å²) in [5, 5.41) is 25.3. The number of carbonyl (C=O) groups excluding carboxylic acids is 5. The van der Waals surface area contributed by atoms with Crippen LogP contribution in [-0.2, 0) is 53.3 Å². The Bertz CT molecular complexity index is 6520. The van der Waals surface area contributed by atoms with Gasteiger partial charge in [-0.1, -0.05) is 57.2 Å². The summed E-state index contributed by atoms with van der Waals surface area (Å²) < 4.78 is 117. The Morgan fingerprint density at radius 2 is 0.912 bits per heavy atom. The second-order valence-corrected chi connectivity index (χ2v) is 41.7. The fourth-order valence-electron chi connectivity index (χ4n) is 13.3. The number of carbonyl (C=O) groups is 5. The van der Waals surface area contributed by atoms with E-state index in [1.807, 2.05) is 58.3 Å². The van der Waals surface area contributed by atoms with Crippen LogP contribution in [0.3, 0.4) is 0 Å². The highest BCUT2D eigenvalue weighted by atomic mass is 79.9. The summed E-state index contributed by atoms with van der Waals surface area (Å²) in [7, 11) is -2.22. The molecule has 35 heteroatoms. The third-order valence-electron chi connectivity index (χ3n) is 19.3. The van der Waals surface area contributed by atoms with Crippen LogP contribution in [0.4, 0.5) is 36.2 Å². The van der Waals surface area contributed by atoms with Gasteiger partial charge in [-0.05, 0) is 261 Å². The highest BCUT2D eigenvalue weighted by Gasteiger charge is 2.36. The molecule has 125 heavy (non-hydrogen) atoms. The minimum atomic E-state index is -3.53. The van der Waals surface area contributed by atoms with E-state index in [1.54, 1.807) is 185 Å². The molecule has 1 fully saturated rings. The molecule has 12 aromatic rings. The third kappa shape index (κ3) is 22.7. The largest absolute Gasteiger partial charge is 0.492 e. The molecule has 13 rings (SSSR count). The summed E-state index contributed by atoms with van der Waals surface area (Å²) in [5.74, 6) is 1.45. The number of methoxy groups -OCH3 is 3. The van der Waals surface area contributed by atoms with Crippen molar-refractivity contribution in [3.05, 3.63) is 149 Å². The van der Waals surface area contributed by atoms with Gasteiger partial charge in [0, 0.05) is 82.4 Å². The van der Waals surface area contributed by atoms with Crippen LogP contribution in [0.5, 0.6) is 17.2 Å². The minimum absolute atomic E-state index is 0.00201. The second kappa shape index (κ2) is 38.5. The lowest BCUT2D eigenvalue weighted by atomic mass is 9.80. The third-order valence-corrected chi connectivity index (χ3v) is 25.4. The first-order valence-electron chi connectivity index (χ1n) is 40.0. The van der Waals surface area contributed by atoms with Crippen molar-refractivity contribution in [2.24, 2.45) is 5.92 Å². The number of amides is 2. The summed E-state index contributed by atoms with van der Waals surface area (Å²) >= 11 is 8.67. The number of rotatable bonds is 16. The van der Waals surface area contributed by atoms with Gasteiger partial charge in [-0.3, -0.25) is 14.6 Å². The Morgan fingerprint density at radius 3 is 1.30 bits per heavy atom. The van der Waals surface area contributed by atoms with Crippen LogP contribution in [0.15, 0.2) is 147 Å². The molecular weight excluding hydrogens is 1750 g/mol. The molecule has 29 nitrogen and oxygen atoms in total. The van der Waals surface area contributed by atoms with E-state index in [0.29, 0.717) is 76.5 Å². The topological polar surface area (TPSA) is 376 Å². The van der Waals surface area contributed by atoms with Gasteiger partial charge in [0.15, 0.2) is 58.1 Å². The Balaban J connectivity index is 0.000000193. The van der Waals surface area contributed by atoms with E-state index in [-0.39, 0.29) is 49.4 Å². The van der Waals surface area contributed by atoms with Gasteiger partial charge in [0.05, 0.1) is 75.9 Å². The van der Waals surface area contributed by atoms with Gasteiger partial charge in [0.1, 0.15) is 39.1 Å². The van der Waals surface area contributed by atoms with Gasteiger partial charge in [-0.2, -0.15) is 0 Å². The number of sulfone groups is 3. The molecule has 6 aromatic carbocycles. The molecule has 6 aromatic heterocycles. The van der Waals surface area contributed by atoms with Crippen molar-refractivity contribution >= 4 is 182 Å². The maximum Gasteiger partial charge on any atom is 0.488 e. The number of benzene rings is 6. The molecule has 0 saturated heterocycles. The van der Waals surface area contributed by atoms with E-state index in [1.165, 1.54) is 64.3 Å². The number of nitrogens with zero attached hydrogens (tertiary/aromatic N) is 7. The minimum Gasteiger partial charge on any atom is -0.492 e. The quantitative estimate of drug-likeness (QED) is 0.0396. The van der Waals surface area contributed by atoms with E-state index in [9.17, 15) is 49.2 Å². The normalized spacial score (nSPS) is 12.5. The van der Waals surface area contributed by atoms with Crippen molar-refractivity contribution in [1.82, 2.24) is 29.1 Å². The summed E-state index contributed by atoms with van der Waals surface area (Å²) in [6.45, 7) is 32.0. The highest BCUT2D eigenvalue weighted by molar-refractivity contribution is 9.10. The molecule has 0 spiro atoms. The predicted octanol–water partition coefficient (Wildman–Crippen LogP) is 18.4. The van der Waals surface area contributed by atoms with Crippen LogP contribution in [0.2, 0.25) is 0 Å². The van der Waals surface area contributed by atoms with E-state index < -0.39 is 83.4 Å². The van der Waals surface area contributed by atoms with Crippen molar-refractivity contribution in [2.45, 2.75) is 175 Å².